The fraction of sp³-hybridized carbons (Fsp3) is 0.929. The molecule has 0 aromatic rings. The minimum atomic E-state index is -0.0472. The van der Waals surface area contributed by atoms with Crippen LogP contribution in [0.2, 0.25) is 0 Å². The molecule has 17 heavy (non-hydrogen) atoms. The molecular weight excluding hydrogens is 214 g/mol. The molecule has 1 unspecified atom stereocenters. The molecule has 0 saturated carbocycles. The van der Waals surface area contributed by atoms with E-state index < -0.39 is 0 Å². The van der Waals surface area contributed by atoms with E-state index in [1.807, 2.05) is 6.92 Å². The Kier molecular flexibility index (Phi) is 5.96. The van der Waals surface area contributed by atoms with Crippen LogP contribution in [0.15, 0.2) is 0 Å². The molecule has 0 aliphatic carbocycles. The summed E-state index contributed by atoms with van der Waals surface area (Å²) in [6, 6.07) is 0. The van der Waals surface area contributed by atoms with Crippen LogP contribution in [0.3, 0.4) is 0 Å². The predicted molar refractivity (Wildman–Crippen MR) is 70.0 cm³/mol. The van der Waals surface area contributed by atoms with Gasteiger partial charge in [0.2, 0.25) is 0 Å². The summed E-state index contributed by atoms with van der Waals surface area (Å²) >= 11 is 0. The molecule has 1 heterocycles. The van der Waals surface area contributed by atoms with E-state index in [0.29, 0.717) is 13.0 Å². The number of hydrogen-bond donors (Lipinski definition) is 0. The lowest BCUT2D eigenvalue weighted by molar-refractivity contribution is -0.146. The SMILES string of the molecule is CCCC(C)(CC(=O)OCC)N1CCCCC1. The quantitative estimate of drug-likeness (QED) is 0.670. The molecule has 0 bridgehead atoms. The molecule has 1 saturated heterocycles. The molecule has 1 rings (SSSR count). The van der Waals surface area contributed by atoms with E-state index >= 15 is 0 Å². The van der Waals surface area contributed by atoms with Crippen LogP contribution in [0.1, 0.15) is 59.3 Å². The lowest BCUT2D eigenvalue weighted by Gasteiger charge is -2.43. The van der Waals surface area contributed by atoms with Crippen LogP contribution >= 0.6 is 0 Å². The monoisotopic (exact) mass is 241 g/mol. The Morgan fingerprint density at radius 2 is 1.88 bits per heavy atom. The van der Waals surface area contributed by atoms with Crippen LogP contribution in [-0.4, -0.2) is 36.1 Å². The van der Waals surface area contributed by atoms with Gasteiger partial charge < -0.3 is 4.74 Å². The topological polar surface area (TPSA) is 29.5 Å². The van der Waals surface area contributed by atoms with Gasteiger partial charge in [-0.15, -0.1) is 0 Å². The number of nitrogens with zero attached hydrogens (tertiary/aromatic N) is 1. The molecule has 0 aromatic heterocycles. The minimum absolute atomic E-state index is 0.00141. The smallest absolute Gasteiger partial charge is 0.307 e. The molecule has 3 heteroatoms. The summed E-state index contributed by atoms with van der Waals surface area (Å²) in [5.74, 6) is -0.0472. The van der Waals surface area contributed by atoms with Crippen molar-refractivity contribution in [3.63, 3.8) is 0 Å². The van der Waals surface area contributed by atoms with Crippen molar-refractivity contribution in [3.8, 4) is 0 Å². The fourth-order valence-corrected chi connectivity index (χ4v) is 2.85. The lowest BCUT2D eigenvalue weighted by Crippen LogP contribution is -2.50. The van der Waals surface area contributed by atoms with Gasteiger partial charge in [0, 0.05) is 5.54 Å². The van der Waals surface area contributed by atoms with Gasteiger partial charge in [-0.2, -0.15) is 0 Å². The molecule has 0 radical (unpaired) electrons. The van der Waals surface area contributed by atoms with Gasteiger partial charge >= 0.3 is 5.97 Å². The van der Waals surface area contributed by atoms with Crippen molar-refractivity contribution >= 4 is 5.97 Å². The third-order valence-corrected chi connectivity index (χ3v) is 3.74. The summed E-state index contributed by atoms with van der Waals surface area (Å²) in [6.45, 7) is 9.04. The number of esters is 1. The normalized spacial score (nSPS) is 20.9. The fourth-order valence-electron chi connectivity index (χ4n) is 2.85. The second-order valence-corrected chi connectivity index (χ2v) is 5.28. The number of rotatable bonds is 6. The maximum atomic E-state index is 11.7. The van der Waals surface area contributed by atoms with E-state index in [9.17, 15) is 4.79 Å². The van der Waals surface area contributed by atoms with Gasteiger partial charge in [-0.1, -0.05) is 19.8 Å². The van der Waals surface area contributed by atoms with Crippen LogP contribution in [0.5, 0.6) is 0 Å². The number of hydrogen-bond acceptors (Lipinski definition) is 3. The lowest BCUT2D eigenvalue weighted by atomic mass is 9.88. The van der Waals surface area contributed by atoms with Crippen LogP contribution in [-0.2, 0) is 9.53 Å². The molecule has 1 fully saturated rings. The van der Waals surface area contributed by atoms with Crippen LogP contribution < -0.4 is 0 Å². The van der Waals surface area contributed by atoms with E-state index in [1.54, 1.807) is 0 Å². The zero-order valence-corrected chi connectivity index (χ0v) is 11.6. The maximum absolute atomic E-state index is 11.7. The minimum Gasteiger partial charge on any atom is -0.466 e. The van der Waals surface area contributed by atoms with E-state index in [2.05, 4.69) is 18.7 Å². The second kappa shape index (κ2) is 7.00. The van der Waals surface area contributed by atoms with Crippen LogP contribution in [0.4, 0.5) is 0 Å². The molecule has 0 N–H and O–H groups in total. The number of carbonyl (C=O) groups is 1. The summed E-state index contributed by atoms with van der Waals surface area (Å²) in [5.41, 5.74) is 0.00141. The highest BCUT2D eigenvalue weighted by atomic mass is 16.5. The first-order chi connectivity index (χ1) is 8.12. The van der Waals surface area contributed by atoms with Gasteiger partial charge in [0.1, 0.15) is 0 Å². The van der Waals surface area contributed by atoms with Crippen molar-refractivity contribution in [3.05, 3.63) is 0 Å². The average molecular weight is 241 g/mol. The van der Waals surface area contributed by atoms with Crippen LogP contribution in [0.25, 0.3) is 0 Å². The maximum Gasteiger partial charge on any atom is 0.307 e. The van der Waals surface area contributed by atoms with Crippen LogP contribution in [0, 0.1) is 0 Å². The largest absolute Gasteiger partial charge is 0.466 e. The highest BCUT2D eigenvalue weighted by Crippen LogP contribution is 2.29. The summed E-state index contributed by atoms with van der Waals surface area (Å²) < 4.78 is 5.11. The molecule has 0 spiro atoms. The third kappa shape index (κ3) is 4.30. The number of carbonyl (C=O) groups excluding carboxylic acids is 1. The zero-order chi connectivity index (χ0) is 12.7. The average Bonchev–Trinajstić information content (AvgIpc) is 2.30. The van der Waals surface area contributed by atoms with Gasteiger partial charge in [0.15, 0.2) is 0 Å². The first-order valence-electron chi connectivity index (χ1n) is 7.03. The van der Waals surface area contributed by atoms with E-state index in [0.717, 1.165) is 25.9 Å². The van der Waals surface area contributed by atoms with Gasteiger partial charge in [-0.05, 0) is 46.2 Å². The Bertz CT molecular complexity index is 236. The van der Waals surface area contributed by atoms with Crippen molar-refractivity contribution < 1.29 is 9.53 Å². The summed E-state index contributed by atoms with van der Waals surface area (Å²) in [5, 5.41) is 0. The Labute approximate surface area is 106 Å². The van der Waals surface area contributed by atoms with Crippen molar-refractivity contribution in [2.24, 2.45) is 0 Å². The second-order valence-electron chi connectivity index (χ2n) is 5.28. The molecule has 0 amide bonds. The van der Waals surface area contributed by atoms with Crippen molar-refractivity contribution in [2.75, 3.05) is 19.7 Å². The first kappa shape index (κ1) is 14.5. The van der Waals surface area contributed by atoms with Crippen molar-refractivity contribution in [1.82, 2.24) is 4.90 Å². The van der Waals surface area contributed by atoms with Crippen molar-refractivity contribution in [2.45, 2.75) is 64.8 Å². The standard InChI is InChI=1S/C14H27NO2/c1-4-9-14(3,12-13(16)17-5-2)15-10-7-6-8-11-15/h4-12H2,1-3H3. The van der Waals surface area contributed by atoms with E-state index in [1.165, 1.54) is 19.3 Å². The number of likely N-dealkylation sites (tertiary alicyclic amines) is 1. The highest BCUT2D eigenvalue weighted by Gasteiger charge is 2.34. The Balaban J connectivity index is 2.62. The summed E-state index contributed by atoms with van der Waals surface area (Å²) in [7, 11) is 0. The summed E-state index contributed by atoms with van der Waals surface area (Å²) in [4.78, 5) is 14.2. The van der Waals surface area contributed by atoms with Crippen molar-refractivity contribution in [1.29, 1.82) is 0 Å². The highest BCUT2D eigenvalue weighted by molar-refractivity contribution is 5.70. The van der Waals surface area contributed by atoms with E-state index in [4.69, 9.17) is 4.74 Å². The molecule has 1 aliphatic heterocycles. The molecule has 100 valence electrons. The molecule has 3 nitrogen and oxygen atoms in total. The van der Waals surface area contributed by atoms with E-state index in [-0.39, 0.29) is 11.5 Å². The number of piperidine rings is 1. The molecular formula is C14H27NO2. The Morgan fingerprint density at radius 1 is 1.24 bits per heavy atom. The molecule has 1 aliphatic rings. The number of ether oxygens (including phenoxy) is 1. The molecule has 1 atom stereocenters. The van der Waals surface area contributed by atoms with Gasteiger partial charge in [-0.25, -0.2) is 0 Å². The Morgan fingerprint density at radius 3 is 2.41 bits per heavy atom. The van der Waals surface area contributed by atoms with Gasteiger partial charge in [-0.3, -0.25) is 9.69 Å². The molecule has 0 aromatic carbocycles. The zero-order valence-electron chi connectivity index (χ0n) is 11.6. The van der Waals surface area contributed by atoms with Gasteiger partial charge in [0.25, 0.3) is 0 Å². The third-order valence-electron chi connectivity index (χ3n) is 3.74. The first-order valence-corrected chi connectivity index (χ1v) is 7.03. The predicted octanol–water partition coefficient (Wildman–Crippen LogP) is 2.98. The van der Waals surface area contributed by atoms with Gasteiger partial charge in [0.05, 0.1) is 13.0 Å². The Hall–Kier alpha value is -0.570. The summed E-state index contributed by atoms with van der Waals surface area (Å²) in [6.07, 6.45) is 6.59.